The summed E-state index contributed by atoms with van der Waals surface area (Å²) in [5.74, 6) is -0.440. The van der Waals surface area contributed by atoms with Crippen LogP contribution in [0.5, 0.6) is 0 Å². The summed E-state index contributed by atoms with van der Waals surface area (Å²) in [6.45, 7) is 0.299. The Labute approximate surface area is 143 Å². The molecule has 0 radical (unpaired) electrons. The van der Waals surface area contributed by atoms with Gasteiger partial charge in [0, 0.05) is 31.0 Å². The first-order valence-corrected chi connectivity index (χ1v) is 8.39. The number of rotatable bonds is 1. The highest BCUT2D eigenvalue weighted by Crippen LogP contribution is 2.41. The summed E-state index contributed by atoms with van der Waals surface area (Å²) in [7, 11) is 1.82. The van der Waals surface area contributed by atoms with Crippen LogP contribution in [0.15, 0.2) is 24.4 Å². The minimum atomic E-state index is -4.40. The molecule has 1 aliphatic heterocycles. The second-order valence-corrected chi connectivity index (χ2v) is 6.69. The fourth-order valence-corrected chi connectivity index (χ4v) is 4.04. The van der Waals surface area contributed by atoms with E-state index in [0.29, 0.717) is 18.7 Å². The Bertz CT molecular complexity index is 841. The van der Waals surface area contributed by atoms with E-state index in [0.717, 1.165) is 30.2 Å². The molecular formula is C18H18F3N3O. The number of aryl methyl sites for hydroxylation is 2. The van der Waals surface area contributed by atoms with Crippen molar-refractivity contribution < 1.29 is 18.0 Å². The SMILES string of the molecule is Cn1cc2c(n1)CCC[C@@H]2C(=O)N1CCc2c1cccc2C(F)(F)F. The molecule has 7 heteroatoms. The van der Waals surface area contributed by atoms with Gasteiger partial charge in [0.15, 0.2) is 0 Å². The lowest BCUT2D eigenvalue weighted by atomic mass is 9.86. The topological polar surface area (TPSA) is 38.1 Å². The summed E-state index contributed by atoms with van der Waals surface area (Å²) in [6, 6.07) is 4.08. The summed E-state index contributed by atoms with van der Waals surface area (Å²) in [4.78, 5) is 14.6. The highest BCUT2D eigenvalue weighted by Gasteiger charge is 2.40. The predicted octanol–water partition coefficient (Wildman–Crippen LogP) is 3.45. The molecule has 1 amide bonds. The number of amides is 1. The minimum absolute atomic E-state index is 0.118. The third-order valence-corrected chi connectivity index (χ3v) is 5.12. The number of alkyl halides is 3. The van der Waals surface area contributed by atoms with Crippen molar-refractivity contribution in [2.75, 3.05) is 11.4 Å². The number of halogens is 3. The van der Waals surface area contributed by atoms with E-state index in [9.17, 15) is 18.0 Å². The Hall–Kier alpha value is -2.31. The molecule has 1 atom stereocenters. The molecule has 0 saturated carbocycles. The molecule has 2 aliphatic rings. The minimum Gasteiger partial charge on any atom is -0.311 e. The fourth-order valence-electron chi connectivity index (χ4n) is 4.04. The molecule has 0 N–H and O–H groups in total. The third-order valence-electron chi connectivity index (χ3n) is 5.12. The summed E-state index contributed by atoms with van der Waals surface area (Å²) >= 11 is 0. The van der Waals surface area contributed by atoms with Crippen molar-refractivity contribution >= 4 is 11.6 Å². The largest absolute Gasteiger partial charge is 0.416 e. The van der Waals surface area contributed by atoms with Gasteiger partial charge in [-0.1, -0.05) is 6.07 Å². The van der Waals surface area contributed by atoms with Crippen molar-refractivity contribution in [3.63, 3.8) is 0 Å². The van der Waals surface area contributed by atoms with Crippen LogP contribution in [0.1, 0.15) is 41.1 Å². The van der Waals surface area contributed by atoms with Gasteiger partial charge in [-0.3, -0.25) is 9.48 Å². The van der Waals surface area contributed by atoms with Gasteiger partial charge in [-0.25, -0.2) is 0 Å². The number of aromatic nitrogens is 2. The second-order valence-electron chi connectivity index (χ2n) is 6.69. The molecule has 0 unspecified atom stereocenters. The lowest BCUT2D eigenvalue weighted by Gasteiger charge is -2.26. The Balaban J connectivity index is 1.69. The van der Waals surface area contributed by atoms with E-state index in [-0.39, 0.29) is 23.8 Å². The van der Waals surface area contributed by atoms with Crippen molar-refractivity contribution in [3.8, 4) is 0 Å². The van der Waals surface area contributed by atoms with Crippen LogP contribution in [0.3, 0.4) is 0 Å². The van der Waals surface area contributed by atoms with Crippen molar-refractivity contribution in [2.45, 2.75) is 37.8 Å². The van der Waals surface area contributed by atoms with E-state index in [1.165, 1.54) is 11.0 Å². The van der Waals surface area contributed by atoms with Crippen LogP contribution in [0.2, 0.25) is 0 Å². The average molecular weight is 349 g/mol. The number of anilines is 1. The number of hydrogen-bond acceptors (Lipinski definition) is 2. The Morgan fingerprint density at radius 3 is 2.84 bits per heavy atom. The number of hydrogen-bond donors (Lipinski definition) is 0. The van der Waals surface area contributed by atoms with E-state index in [2.05, 4.69) is 5.10 Å². The molecule has 1 aromatic heterocycles. The van der Waals surface area contributed by atoms with Gasteiger partial charge in [0.2, 0.25) is 5.91 Å². The van der Waals surface area contributed by atoms with Gasteiger partial charge in [0.25, 0.3) is 0 Å². The molecule has 0 fully saturated rings. The first-order valence-electron chi connectivity index (χ1n) is 8.39. The maximum absolute atomic E-state index is 13.2. The summed E-state index contributed by atoms with van der Waals surface area (Å²) in [5.41, 5.74) is 1.84. The predicted molar refractivity (Wildman–Crippen MR) is 86.4 cm³/mol. The lowest BCUT2D eigenvalue weighted by molar-refractivity contribution is -0.138. The molecule has 0 spiro atoms. The summed E-state index contributed by atoms with van der Waals surface area (Å²) in [5, 5.41) is 4.40. The van der Waals surface area contributed by atoms with Gasteiger partial charge in [-0.2, -0.15) is 18.3 Å². The van der Waals surface area contributed by atoms with E-state index in [1.807, 2.05) is 13.2 Å². The number of benzene rings is 1. The number of carbonyl (C=O) groups excluding carboxylic acids is 1. The Morgan fingerprint density at radius 1 is 1.28 bits per heavy atom. The standard InChI is InChI=1S/C18H18F3N3O/c1-23-10-13-11(4-2-6-15(13)22-23)17(25)24-9-8-12-14(18(19,20)21)5-3-7-16(12)24/h3,5,7,10-11H,2,4,6,8-9H2,1H3/t11-/m0/s1. The van der Waals surface area contributed by atoms with Crippen LogP contribution in [-0.2, 0) is 30.9 Å². The maximum atomic E-state index is 13.2. The second kappa shape index (κ2) is 5.61. The normalized spacial score (nSPS) is 19.7. The van der Waals surface area contributed by atoms with Gasteiger partial charge < -0.3 is 4.90 Å². The Morgan fingerprint density at radius 2 is 2.08 bits per heavy atom. The van der Waals surface area contributed by atoms with Crippen LogP contribution in [0.4, 0.5) is 18.9 Å². The van der Waals surface area contributed by atoms with Crippen LogP contribution in [0.25, 0.3) is 0 Å². The maximum Gasteiger partial charge on any atom is 0.416 e. The molecule has 132 valence electrons. The lowest BCUT2D eigenvalue weighted by Crippen LogP contribution is -2.35. The highest BCUT2D eigenvalue weighted by molar-refractivity contribution is 6.00. The summed E-state index contributed by atoms with van der Waals surface area (Å²) in [6.07, 6.45) is 0.121. The Kier molecular flexibility index (Phi) is 3.63. The molecule has 2 aromatic rings. The van der Waals surface area contributed by atoms with Gasteiger partial charge in [-0.15, -0.1) is 0 Å². The van der Waals surface area contributed by atoms with Gasteiger partial charge in [0.05, 0.1) is 17.2 Å². The van der Waals surface area contributed by atoms with Crippen LogP contribution in [-0.4, -0.2) is 22.2 Å². The first-order chi connectivity index (χ1) is 11.9. The zero-order chi connectivity index (χ0) is 17.8. The first kappa shape index (κ1) is 16.2. The van der Waals surface area contributed by atoms with Crippen molar-refractivity contribution in [3.05, 3.63) is 46.8 Å². The van der Waals surface area contributed by atoms with E-state index in [4.69, 9.17) is 0 Å². The van der Waals surface area contributed by atoms with Crippen LogP contribution >= 0.6 is 0 Å². The monoisotopic (exact) mass is 349 g/mol. The quantitative estimate of drug-likeness (QED) is 0.791. The fraction of sp³-hybridized carbons (Fsp3) is 0.444. The molecule has 25 heavy (non-hydrogen) atoms. The number of fused-ring (bicyclic) bond motifs is 2. The van der Waals surface area contributed by atoms with Crippen LogP contribution in [0, 0.1) is 0 Å². The third kappa shape index (κ3) is 2.62. The summed E-state index contributed by atoms with van der Waals surface area (Å²) < 4.78 is 41.3. The number of carbonyl (C=O) groups is 1. The molecule has 2 heterocycles. The smallest absolute Gasteiger partial charge is 0.311 e. The van der Waals surface area contributed by atoms with E-state index in [1.54, 1.807) is 10.7 Å². The highest BCUT2D eigenvalue weighted by atomic mass is 19.4. The molecular weight excluding hydrogens is 331 g/mol. The molecule has 0 saturated heterocycles. The van der Waals surface area contributed by atoms with Gasteiger partial charge in [0.1, 0.15) is 0 Å². The number of nitrogens with zero attached hydrogens (tertiary/aromatic N) is 3. The van der Waals surface area contributed by atoms with Gasteiger partial charge in [-0.05, 0) is 43.4 Å². The zero-order valence-corrected chi connectivity index (χ0v) is 13.8. The molecule has 1 aromatic carbocycles. The van der Waals surface area contributed by atoms with Crippen molar-refractivity contribution in [1.29, 1.82) is 0 Å². The van der Waals surface area contributed by atoms with E-state index < -0.39 is 11.7 Å². The van der Waals surface area contributed by atoms with Crippen molar-refractivity contribution in [1.82, 2.24) is 9.78 Å². The zero-order valence-electron chi connectivity index (χ0n) is 13.8. The average Bonchev–Trinajstić information content (AvgIpc) is 3.14. The van der Waals surface area contributed by atoms with Gasteiger partial charge >= 0.3 is 6.18 Å². The van der Waals surface area contributed by atoms with Crippen molar-refractivity contribution in [2.24, 2.45) is 7.05 Å². The van der Waals surface area contributed by atoms with E-state index >= 15 is 0 Å². The molecule has 4 nitrogen and oxygen atoms in total. The molecule has 4 rings (SSSR count). The molecule has 1 aliphatic carbocycles. The molecule has 0 bridgehead atoms. The van der Waals surface area contributed by atoms with Crippen LogP contribution < -0.4 is 4.90 Å².